The van der Waals surface area contributed by atoms with Gasteiger partial charge in [0.15, 0.2) is 0 Å². The molecule has 0 N–H and O–H groups in total. The van der Waals surface area contributed by atoms with Gasteiger partial charge in [0.25, 0.3) is 0 Å². The van der Waals surface area contributed by atoms with E-state index in [1.807, 2.05) is 29.9 Å². The molecule has 0 aliphatic carbocycles. The quantitative estimate of drug-likeness (QED) is 0.199. The average molecular weight is 594 g/mol. The van der Waals surface area contributed by atoms with Crippen molar-refractivity contribution in [1.82, 2.24) is 14.5 Å². The van der Waals surface area contributed by atoms with Gasteiger partial charge in [-0.05, 0) is 86.2 Å². The Morgan fingerprint density at radius 1 is 0.705 bits per heavy atom. The van der Waals surface area contributed by atoms with Gasteiger partial charge < -0.3 is 0 Å². The van der Waals surface area contributed by atoms with Gasteiger partial charge in [-0.2, -0.15) is 0 Å². The van der Waals surface area contributed by atoms with Crippen LogP contribution in [0.5, 0.6) is 0 Å². The number of pyridine rings is 1. The number of aromatic nitrogens is 3. The van der Waals surface area contributed by atoms with E-state index in [0.717, 1.165) is 5.82 Å². The van der Waals surface area contributed by atoms with Crippen LogP contribution in [-0.2, 0) is 5.41 Å². The third-order valence-electron chi connectivity index (χ3n) is 8.86. The molecule has 0 radical (unpaired) electrons. The molecule has 0 aliphatic rings. The van der Waals surface area contributed by atoms with Crippen LogP contribution in [0.2, 0.25) is 0 Å². The lowest BCUT2D eigenvalue weighted by molar-refractivity contribution is 0.592. The minimum atomic E-state index is -0.0608. The third kappa shape index (κ3) is 4.73. The van der Waals surface area contributed by atoms with Gasteiger partial charge in [0, 0.05) is 45.8 Å². The summed E-state index contributed by atoms with van der Waals surface area (Å²) in [6.07, 6.45) is 8.01. The molecule has 0 spiro atoms. The van der Waals surface area contributed by atoms with E-state index in [2.05, 4.69) is 137 Å². The molecule has 3 nitrogen and oxygen atoms in total. The molecule has 7 aromatic rings. The van der Waals surface area contributed by atoms with Crippen molar-refractivity contribution in [2.45, 2.75) is 65.7 Å². The molecule has 0 aliphatic heterocycles. The van der Waals surface area contributed by atoms with E-state index < -0.39 is 0 Å². The largest absolute Gasteiger partial charge is 0.299 e. The first-order valence-corrected chi connectivity index (χ1v) is 16.4. The number of imidazole rings is 1. The molecule has 44 heavy (non-hydrogen) atoms. The molecule has 3 heterocycles. The summed E-state index contributed by atoms with van der Waals surface area (Å²) in [5.41, 5.74) is 8.92. The van der Waals surface area contributed by atoms with Gasteiger partial charge in [0.05, 0.1) is 10.4 Å². The number of benzene rings is 4. The fraction of sp³-hybridized carbons (Fsp3) is 0.250. The maximum atomic E-state index is 5.08. The average Bonchev–Trinajstić information content (AvgIpc) is 3.63. The highest BCUT2D eigenvalue weighted by molar-refractivity contribution is 7.25. The Morgan fingerprint density at radius 3 is 2.16 bits per heavy atom. The van der Waals surface area contributed by atoms with Crippen molar-refractivity contribution in [1.29, 1.82) is 0 Å². The number of hydrogen-bond donors (Lipinski definition) is 0. The van der Waals surface area contributed by atoms with Crippen molar-refractivity contribution in [3.8, 4) is 28.2 Å². The normalized spacial score (nSPS) is 12.4. The Labute approximate surface area is 264 Å². The molecular formula is C40H39N3S. The predicted molar refractivity (Wildman–Crippen MR) is 190 cm³/mol. The summed E-state index contributed by atoms with van der Waals surface area (Å²) in [6, 6.07) is 27.1. The van der Waals surface area contributed by atoms with E-state index in [9.17, 15) is 0 Å². The lowest BCUT2D eigenvalue weighted by atomic mass is 9.82. The minimum Gasteiger partial charge on any atom is -0.299 e. The summed E-state index contributed by atoms with van der Waals surface area (Å²) < 4.78 is 4.88. The molecule has 4 aromatic carbocycles. The molecule has 0 fully saturated rings. The van der Waals surface area contributed by atoms with E-state index in [4.69, 9.17) is 4.98 Å². The highest BCUT2D eigenvalue weighted by Gasteiger charge is 2.26. The number of fused-ring (bicyclic) bond motifs is 4. The van der Waals surface area contributed by atoms with Gasteiger partial charge in [-0.3, -0.25) is 9.55 Å². The van der Waals surface area contributed by atoms with Crippen LogP contribution in [0.4, 0.5) is 0 Å². The summed E-state index contributed by atoms with van der Waals surface area (Å²) in [6.45, 7) is 16.2. The maximum Gasteiger partial charge on any atom is 0.144 e. The molecule has 220 valence electrons. The van der Waals surface area contributed by atoms with E-state index in [-0.39, 0.29) is 5.41 Å². The van der Waals surface area contributed by atoms with Crippen LogP contribution in [0, 0.1) is 0 Å². The second-order valence-electron chi connectivity index (χ2n) is 13.6. The first-order valence-electron chi connectivity index (χ1n) is 15.6. The molecule has 7 rings (SSSR count). The van der Waals surface area contributed by atoms with E-state index in [1.54, 1.807) is 0 Å². The standard InChI is InChI=1S/C40H39N3S/c1-24(2)31-19-27(29-14-10-12-26-11-8-9-13-28(26)29)20-32(25(3)4)38(31)43-18-17-42-39(43)34-21-33-30-15-16-41-23-37(30)44-36(33)22-35(34)40(5,6)7/h8-25H,1-7H3. The first-order chi connectivity index (χ1) is 21.1. The van der Waals surface area contributed by atoms with Gasteiger partial charge in [-0.15, -0.1) is 11.3 Å². The van der Waals surface area contributed by atoms with Crippen LogP contribution in [0.1, 0.15) is 77.0 Å². The van der Waals surface area contributed by atoms with Crippen LogP contribution in [0.3, 0.4) is 0 Å². The van der Waals surface area contributed by atoms with Crippen molar-refractivity contribution in [2.75, 3.05) is 0 Å². The molecule has 0 saturated heterocycles. The summed E-state index contributed by atoms with van der Waals surface area (Å²) >= 11 is 1.82. The third-order valence-corrected chi connectivity index (χ3v) is 9.96. The zero-order valence-corrected chi connectivity index (χ0v) is 27.5. The van der Waals surface area contributed by atoms with Crippen molar-refractivity contribution in [3.63, 3.8) is 0 Å². The first kappa shape index (κ1) is 28.5. The highest BCUT2D eigenvalue weighted by atomic mass is 32.1. The zero-order valence-electron chi connectivity index (χ0n) is 26.6. The van der Waals surface area contributed by atoms with Crippen molar-refractivity contribution < 1.29 is 0 Å². The van der Waals surface area contributed by atoms with E-state index in [0.29, 0.717) is 11.8 Å². The monoisotopic (exact) mass is 593 g/mol. The summed E-state index contributed by atoms with van der Waals surface area (Å²) in [4.78, 5) is 9.48. The Morgan fingerprint density at radius 2 is 1.43 bits per heavy atom. The SMILES string of the molecule is CC(C)c1cc(-c2cccc3ccccc23)cc(C(C)C)c1-n1ccnc1-c1cc2c(cc1C(C)(C)C)sc1cnccc12. The van der Waals surface area contributed by atoms with Gasteiger partial charge >= 0.3 is 0 Å². The number of hydrogen-bond acceptors (Lipinski definition) is 3. The van der Waals surface area contributed by atoms with Crippen LogP contribution < -0.4 is 0 Å². The Kier molecular flexibility index (Phi) is 6.93. The molecule has 4 heteroatoms. The van der Waals surface area contributed by atoms with Gasteiger partial charge in [-0.1, -0.05) is 90.9 Å². The fourth-order valence-electron chi connectivity index (χ4n) is 6.64. The number of rotatable bonds is 5. The second-order valence-corrected chi connectivity index (χ2v) is 14.7. The van der Waals surface area contributed by atoms with E-state index >= 15 is 0 Å². The smallest absolute Gasteiger partial charge is 0.144 e. The van der Waals surface area contributed by atoms with E-state index in [1.165, 1.54) is 70.0 Å². The van der Waals surface area contributed by atoms with Gasteiger partial charge in [0.2, 0.25) is 0 Å². The maximum absolute atomic E-state index is 5.08. The lowest BCUT2D eigenvalue weighted by Crippen LogP contribution is -2.15. The van der Waals surface area contributed by atoms with Crippen molar-refractivity contribution in [2.24, 2.45) is 0 Å². The molecule has 0 atom stereocenters. The summed E-state index contributed by atoms with van der Waals surface area (Å²) in [5.74, 6) is 1.64. The molecular weight excluding hydrogens is 555 g/mol. The summed E-state index contributed by atoms with van der Waals surface area (Å²) in [5, 5.41) is 5.08. The lowest BCUT2D eigenvalue weighted by Gasteiger charge is -2.26. The minimum absolute atomic E-state index is 0.0608. The van der Waals surface area contributed by atoms with Crippen LogP contribution in [0.15, 0.2) is 97.6 Å². The fourth-order valence-corrected chi connectivity index (χ4v) is 7.73. The van der Waals surface area contributed by atoms with Crippen LogP contribution >= 0.6 is 11.3 Å². The number of nitrogens with zero attached hydrogens (tertiary/aromatic N) is 3. The molecule has 0 unspecified atom stereocenters. The topological polar surface area (TPSA) is 30.7 Å². The highest BCUT2D eigenvalue weighted by Crippen LogP contribution is 2.44. The Bertz CT molecular complexity index is 2140. The van der Waals surface area contributed by atoms with Gasteiger partial charge in [-0.25, -0.2) is 4.98 Å². The molecule has 3 aromatic heterocycles. The zero-order chi connectivity index (χ0) is 30.7. The number of thiophene rings is 1. The Balaban J connectivity index is 1.51. The van der Waals surface area contributed by atoms with Gasteiger partial charge in [0.1, 0.15) is 5.82 Å². The summed E-state index contributed by atoms with van der Waals surface area (Å²) in [7, 11) is 0. The van der Waals surface area contributed by atoms with Crippen LogP contribution in [0.25, 0.3) is 59.1 Å². The van der Waals surface area contributed by atoms with Crippen molar-refractivity contribution in [3.05, 3.63) is 114 Å². The predicted octanol–water partition coefficient (Wildman–Crippen LogP) is 11.7. The Hall–Kier alpha value is -4.28. The van der Waals surface area contributed by atoms with Crippen LogP contribution in [-0.4, -0.2) is 14.5 Å². The van der Waals surface area contributed by atoms with Crippen molar-refractivity contribution >= 4 is 42.3 Å². The second kappa shape index (κ2) is 10.7. The molecule has 0 amide bonds. The molecule has 0 saturated carbocycles. The molecule has 0 bridgehead atoms.